The number of thiazole rings is 1. The second kappa shape index (κ2) is 7.01. The largest absolute Gasteiger partial charge is 0.497 e. The number of rotatable bonds is 4. The van der Waals surface area contributed by atoms with Crippen LogP contribution in [0.1, 0.15) is 29.3 Å². The van der Waals surface area contributed by atoms with Crippen molar-refractivity contribution in [2.45, 2.75) is 26.8 Å². The molecule has 0 saturated heterocycles. The number of aryl methyl sites for hydroxylation is 2. The van der Waals surface area contributed by atoms with Crippen LogP contribution in [-0.2, 0) is 6.54 Å². The lowest BCUT2D eigenvalue weighted by Crippen LogP contribution is -2.16. The van der Waals surface area contributed by atoms with Crippen molar-refractivity contribution in [1.29, 1.82) is 0 Å². The molecule has 0 atom stereocenters. The van der Waals surface area contributed by atoms with E-state index in [1.165, 1.54) is 11.3 Å². The van der Waals surface area contributed by atoms with Crippen molar-refractivity contribution in [3.63, 3.8) is 0 Å². The molecule has 1 amide bonds. The van der Waals surface area contributed by atoms with E-state index in [0.717, 1.165) is 39.3 Å². The maximum atomic E-state index is 12.5. The smallest absolute Gasteiger partial charge is 0.279 e. The molecule has 0 N–H and O–H groups in total. The van der Waals surface area contributed by atoms with Crippen molar-refractivity contribution in [3.05, 3.63) is 58.4 Å². The maximum absolute atomic E-state index is 12.5. The molecule has 0 aliphatic carbocycles. The molecule has 0 saturated carbocycles. The molecule has 1 aromatic heterocycles. The summed E-state index contributed by atoms with van der Waals surface area (Å²) >= 11 is 1.53. The number of amides is 1. The Morgan fingerprint density at radius 1 is 1.21 bits per heavy atom. The zero-order chi connectivity index (χ0) is 17.1. The minimum atomic E-state index is -0.210. The van der Waals surface area contributed by atoms with Gasteiger partial charge in [0.25, 0.3) is 5.91 Å². The average Bonchev–Trinajstić information content (AvgIpc) is 2.92. The van der Waals surface area contributed by atoms with Crippen molar-refractivity contribution < 1.29 is 9.53 Å². The van der Waals surface area contributed by atoms with Crippen LogP contribution >= 0.6 is 11.3 Å². The van der Waals surface area contributed by atoms with Crippen LogP contribution in [0.4, 0.5) is 0 Å². The minimum absolute atomic E-state index is 0.210. The molecule has 0 bridgehead atoms. The zero-order valence-electron chi connectivity index (χ0n) is 14.1. The molecule has 24 heavy (non-hydrogen) atoms. The maximum Gasteiger partial charge on any atom is 0.279 e. The van der Waals surface area contributed by atoms with Gasteiger partial charge in [0.05, 0.1) is 17.3 Å². The van der Waals surface area contributed by atoms with Gasteiger partial charge in [0.15, 0.2) is 4.80 Å². The lowest BCUT2D eigenvalue weighted by molar-refractivity contribution is 0.0998. The van der Waals surface area contributed by atoms with E-state index in [-0.39, 0.29) is 5.91 Å². The summed E-state index contributed by atoms with van der Waals surface area (Å²) in [6.45, 7) is 4.93. The normalized spacial score (nSPS) is 11.9. The molecule has 1 heterocycles. The van der Waals surface area contributed by atoms with Gasteiger partial charge in [-0.3, -0.25) is 4.79 Å². The lowest BCUT2D eigenvalue weighted by Gasteiger charge is -2.04. The molecule has 3 aromatic rings. The van der Waals surface area contributed by atoms with E-state index < -0.39 is 0 Å². The molecule has 0 spiro atoms. The number of nitrogens with zero attached hydrogens (tertiary/aromatic N) is 2. The van der Waals surface area contributed by atoms with Crippen molar-refractivity contribution in [2.75, 3.05) is 7.11 Å². The van der Waals surface area contributed by atoms with E-state index in [1.807, 2.05) is 49.4 Å². The Morgan fingerprint density at radius 3 is 2.62 bits per heavy atom. The highest BCUT2D eigenvalue weighted by Gasteiger charge is 2.10. The molecule has 0 unspecified atom stereocenters. The summed E-state index contributed by atoms with van der Waals surface area (Å²) in [4.78, 5) is 17.6. The molecular weight excluding hydrogens is 320 g/mol. The quantitative estimate of drug-likeness (QED) is 0.715. The van der Waals surface area contributed by atoms with Crippen molar-refractivity contribution >= 4 is 27.5 Å². The predicted octanol–water partition coefficient (Wildman–Crippen LogP) is 4.17. The first-order chi connectivity index (χ1) is 11.6. The third kappa shape index (κ3) is 3.26. The number of aromatic nitrogens is 1. The van der Waals surface area contributed by atoms with Crippen LogP contribution in [0.5, 0.6) is 5.75 Å². The van der Waals surface area contributed by atoms with Gasteiger partial charge in [-0.15, -0.1) is 0 Å². The van der Waals surface area contributed by atoms with Crippen LogP contribution in [0.15, 0.2) is 47.5 Å². The van der Waals surface area contributed by atoms with Gasteiger partial charge in [0.2, 0.25) is 0 Å². The Kier molecular flexibility index (Phi) is 4.81. The first kappa shape index (κ1) is 16.5. The summed E-state index contributed by atoms with van der Waals surface area (Å²) in [6, 6.07) is 13.4. The number of carbonyl (C=O) groups excluding carboxylic acids is 1. The van der Waals surface area contributed by atoms with Gasteiger partial charge in [0, 0.05) is 18.2 Å². The fraction of sp³-hybridized carbons (Fsp3) is 0.263. The highest BCUT2D eigenvalue weighted by atomic mass is 32.1. The summed E-state index contributed by atoms with van der Waals surface area (Å²) in [6.07, 6.45) is 0.967. The van der Waals surface area contributed by atoms with E-state index in [0.29, 0.717) is 5.56 Å². The van der Waals surface area contributed by atoms with Crippen LogP contribution in [-0.4, -0.2) is 17.6 Å². The van der Waals surface area contributed by atoms with Gasteiger partial charge in [-0.2, -0.15) is 4.99 Å². The highest BCUT2D eigenvalue weighted by Crippen LogP contribution is 2.23. The molecule has 2 aromatic carbocycles. The SMILES string of the molecule is CCCn1c(=NC(=O)c2ccc(C)cc2)sc2ccc(OC)cc21. The number of benzene rings is 2. The summed E-state index contributed by atoms with van der Waals surface area (Å²) < 4.78 is 8.51. The molecule has 124 valence electrons. The highest BCUT2D eigenvalue weighted by molar-refractivity contribution is 7.16. The predicted molar refractivity (Wildman–Crippen MR) is 97.7 cm³/mol. The van der Waals surface area contributed by atoms with Gasteiger partial charge < -0.3 is 9.30 Å². The minimum Gasteiger partial charge on any atom is -0.497 e. The number of hydrogen-bond donors (Lipinski definition) is 0. The number of methoxy groups -OCH3 is 1. The van der Waals surface area contributed by atoms with Gasteiger partial charge in [0.1, 0.15) is 5.75 Å². The van der Waals surface area contributed by atoms with Crippen LogP contribution < -0.4 is 9.54 Å². The zero-order valence-corrected chi connectivity index (χ0v) is 14.9. The number of carbonyl (C=O) groups is 1. The number of ether oxygens (including phenoxy) is 1. The van der Waals surface area contributed by atoms with Crippen molar-refractivity contribution in [3.8, 4) is 5.75 Å². The molecule has 5 heteroatoms. The van der Waals surface area contributed by atoms with E-state index in [4.69, 9.17) is 4.74 Å². The van der Waals surface area contributed by atoms with Crippen molar-refractivity contribution in [1.82, 2.24) is 4.57 Å². The Labute approximate surface area is 145 Å². The van der Waals surface area contributed by atoms with Crippen LogP contribution in [0.2, 0.25) is 0 Å². The molecule has 3 rings (SSSR count). The average molecular weight is 340 g/mol. The van der Waals surface area contributed by atoms with Gasteiger partial charge in [-0.05, 0) is 37.6 Å². The molecule has 4 nitrogen and oxygen atoms in total. The third-order valence-electron chi connectivity index (χ3n) is 3.83. The number of fused-ring (bicyclic) bond motifs is 1. The van der Waals surface area contributed by atoms with Gasteiger partial charge in [-0.25, -0.2) is 0 Å². The first-order valence-electron chi connectivity index (χ1n) is 7.95. The van der Waals surface area contributed by atoms with E-state index >= 15 is 0 Å². The van der Waals surface area contributed by atoms with Gasteiger partial charge in [-0.1, -0.05) is 36.0 Å². The van der Waals surface area contributed by atoms with E-state index in [1.54, 1.807) is 7.11 Å². The summed E-state index contributed by atoms with van der Waals surface area (Å²) in [7, 11) is 1.66. The molecule has 0 fully saturated rings. The standard InChI is InChI=1S/C19H20N2O2S/c1-4-11-21-16-12-15(23-3)9-10-17(16)24-19(21)20-18(22)14-7-5-13(2)6-8-14/h5-10,12H,4,11H2,1-3H3. The number of hydrogen-bond acceptors (Lipinski definition) is 3. The summed E-state index contributed by atoms with van der Waals surface area (Å²) in [5, 5.41) is 0. The van der Waals surface area contributed by atoms with Crippen LogP contribution in [0, 0.1) is 6.92 Å². The second-order valence-corrected chi connectivity index (χ2v) is 6.66. The Balaban J connectivity index is 2.11. The molecule has 0 aliphatic rings. The fourth-order valence-electron chi connectivity index (χ4n) is 2.55. The summed E-state index contributed by atoms with van der Waals surface area (Å²) in [5.74, 6) is 0.597. The van der Waals surface area contributed by atoms with Gasteiger partial charge >= 0.3 is 0 Å². The Bertz CT molecular complexity index is 936. The lowest BCUT2D eigenvalue weighted by atomic mass is 10.1. The monoisotopic (exact) mass is 340 g/mol. The topological polar surface area (TPSA) is 43.6 Å². The van der Waals surface area contributed by atoms with E-state index in [9.17, 15) is 4.79 Å². The van der Waals surface area contributed by atoms with Crippen LogP contribution in [0.25, 0.3) is 10.2 Å². The fourth-order valence-corrected chi connectivity index (χ4v) is 3.58. The second-order valence-electron chi connectivity index (χ2n) is 5.65. The summed E-state index contributed by atoms with van der Waals surface area (Å²) in [5.41, 5.74) is 2.79. The van der Waals surface area contributed by atoms with E-state index in [2.05, 4.69) is 16.5 Å². The van der Waals surface area contributed by atoms with Crippen molar-refractivity contribution in [2.24, 2.45) is 4.99 Å². The Morgan fingerprint density at radius 2 is 1.96 bits per heavy atom. The molecular formula is C19H20N2O2S. The van der Waals surface area contributed by atoms with Crippen LogP contribution in [0.3, 0.4) is 0 Å². The molecule has 0 radical (unpaired) electrons. The Hall–Kier alpha value is -2.40. The molecule has 0 aliphatic heterocycles. The third-order valence-corrected chi connectivity index (χ3v) is 4.89. The first-order valence-corrected chi connectivity index (χ1v) is 8.77.